The molecule has 1 aliphatic rings. The van der Waals surface area contributed by atoms with Gasteiger partial charge in [-0.15, -0.1) is 0 Å². The number of rotatable bonds is 6. The van der Waals surface area contributed by atoms with Gasteiger partial charge in [0.1, 0.15) is 5.75 Å². The summed E-state index contributed by atoms with van der Waals surface area (Å²) in [6, 6.07) is 8.02. The summed E-state index contributed by atoms with van der Waals surface area (Å²) in [7, 11) is 1.66. The highest BCUT2D eigenvalue weighted by molar-refractivity contribution is 5.95. The van der Waals surface area contributed by atoms with Gasteiger partial charge in [0.15, 0.2) is 5.66 Å². The highest BCUT2D eigenvalue weighted by Crippen LogP contribution is 2.22. The molecule has 7 heteroatoms. The lowest BCUT2D eigenvalue weighted by molar-refractivity contribution is -0.190. The molecule has 7 nitrogen and oxygen atoms in total. The zero-order chi connectivity index (χ0) is 17.0. The quantitative estimate of drug-likeness (QED) is 0.830. The standard InChI is InChI=1S/C16H25N5O2/c1-11(5-6-12-7-9-13(22-4)10-8-12)23-21-15(18)19-14(17)20-16(21,2)3/h7-11H,5-6H2,1-4H3,(H4,17,18,19,20). The molecule has 0 bridgehead atoms. The van der Waals surface area contributed by atoms with Crippen molar-refractivity contribution in [2.24, 2.45) is 21.5 Å². The Balaban J connectivity index is 1.91. The number of benzene rings is 1. The van der Waals surface area contributed by atoms with E-state index in [0.29, 0.717) is 0 Å². The zero-order valence-corrected chi connectivity index (χ0v) is 14.1. The molecule has 1 heterocycles. The van der Waals surface area contributed by atoms with Crippen molar-refractivity contribution >= 4 is 11.9 Å². The lowest BCUT2D eigenvalue weighted by atomic mass is 10.1. The second kappa shape index (κ2) is 6.87. The number of methoxy groups -OCH3 is 1. The van der Waals surface area contributed by atoms with E-state index in [4.69, 9.17) is 21.0 Å². The van der Waals surface area contributed by atoms with Crippen molar-refractivity contribution in [3.8, 4) is 5.75 Å². The molecule has 126 valence electrons. The van der Waals surface area contributed by atoms with Crippen LogP contribution in [0.15, 0.2) is 34.3 Å². The van der Waals surface area contributed by atoms with Crippen LogP contribution in [0, 0.1) is 0 Å². The van der Waals surface area contributed by atoms with Crippen LogP contribution in [0.1, 0.15) is 32.8 Å². The number of guanidine groups is 2. The molecule has 1 atom stereocenters. The van der Waals surface area contributed by atoms with E-state index in [-0.39, 0.29) is 18.0 Å². The predicted molar refractivity (Wildman–Crippen MR) is 91.0 cm³/mol. The van der Waals surface area contributed by atoms with Gasteiger partial charge in [0.2, 0.25) is 11.9 Å². The van der Waals surface area contributed by atoms with E-state index in [9.17, 15) is 0 Å². The lowest BCUT2D eigenvalue weighted by Crippen LogP contribution is -2.54. The summed E-state index contributed by atoms with van der Waals surface area (Å²) in [6.45, 7) is 5.74. The molecule has 1 aromatic rings. The van der Waals surface area contributed by atoms with Crippen molar-refractivity contribution in [3.05, 3.63) is 29.8 Å². The van der Waals surface area contributed by atoms with Crippen LogP contribution in [-0.4, -0.2) is 35.9 Å². The fraction of sp³-hybridized carbons (Fsp3) is 0.500. The largest absolute Gasteiger partial charge is 0.497 e. The van der Waals surface area contributed by atoms with E-state index in [2.05, 4.69) is 22.1 Å². The molecule has 0 aromatic heterocycles. The molecule has 0 radical (unpaired) electrons. The monoisotopic (exact) mass is 319 g/mol. The van der Waals surface area contributed by atoms with Gasteiger partial charge in [-0.05, 0) is 51.3 Å². The van der Waals surface area contributed by atoms with E-state index in [1.807, 2.05) is 32.9 Å². The van der Waals surface area contributed by atoms with E-state index in [0.717, 1.165) is 18.6 Å². The average molecular weight is 319 g/mol. The molecule has 1 unspecified atom stereocenters. The van der Waals surface area contributed by atoms with Crippen molar-refractivity contribution in [1.82, 2.24) is 5.06 Å². The number of aliphatic imine (C=N–C) groups is 2. The number of ether oxygens (including phenoxy) is 1. The summed E-state index contributed by atoms with van der Waals surface area (Å²) in [5, 5.41) is 1.52. The van der Waals surface area contributed by atoms with Crippen LogP contribution < -0.4 is 16.2 Å². The molecule has 1 aliphatic heterocycles. The zero-order valence-electron chi connectivity index (χ0n) is 14.1. The van der Waals surface area contributed by atoms with Crippen molar-refractivity contribution < 1.29 is 9.57 Å². The first kappa shape index (κ1) is 17.1. The molecule has 0 aliphatic carbocycles. The van der Waals surface area contributed by atoms with E-state index in [1.54, 1.807) is 7.11 Å². The van der Waals surface area contributed by atoms with Crippen LogP contribution in [0.5, 0.6) is 5.75 Å². The fourth-order valence-corrected chi connectivity index (χ4v) is 2.37. The Morgan fingerprint density at radius 2 is 1.87 bits per heavy atom. The Bertz CT molecular complexity index is 595. The van der Waals surface area contributed by atoms with Crippen LogP contribution in [-0.2, 0) is 11.3 Å². The molecule has 0 saturated carbocycles. The fourth-order valence-electron chi connectivity index (χ4n) is 2.37. The minimum absolute atomic E-state index is 0.0420. The van der Waals surface area contributed by atoms with E-state index >= 15 is 0 Å². The van der Waals surface area contributed by atoms with Crippen molar-refractivity contribution in [2.45, 2.75) is 45.4 Å². The van der Waals surface area contributed by atoms with Gasteiger partial charge < -0.3 is 16.2 Å². The van der Waals surface area contributed by atoms with Gasteiger partial charge in [-0.1, -0.05) is 12.1 Å². The summed E-state index contributed by atoms with van der Waals surface area (Å²) in [6.07, 6.45) is 1.69. The summed E-state index contributed by atoms with van der Waals surface area (Å²) < 4.78 is 5.16. The van der Waals surface area contributed by atoms with Crippen molar-refractivity contribution in [3.63, 3.8) is 0 Å². The predicted octanol–water partition coefficient (Wildman–Crippen LogP) is 1.63. The molecule has 23 heavy (non-hydrogen) atoms. The number of hydrogen-bond acceptors (Lipinski definition) is 7. The Morgan fingerprint density at radius 1 is 1.22 bits per heavy atom. The number of hydroxylamine groups is 2. The highest BCUT2D eigenvalue weighted by atomic mass is 16.7. The number of hydrogen-bond donors (Lipinski definition) is 2. The normalized spacial score (nSPS) is 18.2. The average Bonchev–Trinajstić information content (AvgIpc) is 2.48. The first-order valence-electron chi connectivity index (χ1n) is 7.61. The van der Waals surface area contributed by atoms with Crippen LogP contribution in [0.4, 0.5) is 0 Å². The molecule has 2 rings (SSSR count). The number of nitrogens with zero attached hydrogens (tertiary/aromatic N) is 3. The van der Waals surface area contributed by atoms with Crippen LogP contribution in [0.3, 0.4) is 0 Å². The summed E-state index contributed by atoms with van der Waals surface area (Å²) in [5.41, 5.74) is 12.1. The van der Waals surface area contributed by atoms with Crippen molar-refractivity contribution in [2.75, 3.05) is 7.11 Å². The maximum absolute atomic E-state index is 5.92. The molecule has 0 amide bonds. The first-order chi connectivity index (χ1) is 10.8. The summed E-state index contributed by atoms with van der Waals surface area (Å²) in [4.78, 5) is 14.1. The first-order valence-corrected chi connectivity index (χ1v) is 7.61. The number of aryl methyl sites for hydroxylation is 1. The molecular formula is C16H25N5O2. The third-order valence-corrected chi connectivity index (χ3v) is 3.61. The van der Waals surface area contributed by atoms with Crippen LogP contribution in [0.2, 0.25) is 0 Å². The third kappa shape index (κ3) is 4.35. The maximum atomic E-state index is 5.92. The topological polar surface area (TPSA) is 98.5 Å². The van der Waals surface area contributed by atoms with Gasteiger partial charge in [0.25, 0.3) is 0 Å². The van der Waals surface area contributed by atoms with E-state index < -0.39 is 5.66 Å². The molecular weight excluding hydrogens is 294 g/mol. The van der Waals surface area contributed by atoms with Crippen LogP contribution in [0.25, 0.3) is 0 Å². The molecule has 0 saturated heterocycles. The van der Waals surface area contributed by atoms with Gasteiger partial charge in [-0.2, -0.15) is 10.1 Å². The van der Waals surface area contributed by atoms with Crippen molar-refractivity contribution in [1.29, 1.82) is 0 Å². The minimum atomic E-state index is -0.676. The molecule has 4 N–H and O–H groups in total. The second-order valence-corrected chi connectivity index (χ2v) is 6.03. The Hall–Kier alpha value is -2.28. The molecule has 0 fully saturated rings. The van der Waals surface area contributed by atoms with Gasteiger partial charge in [0, 0.05) is 0 Å². The lowest BCUT2D eigenvalue weighted by Gasteiger charge is -2.38. The minimum Gasteiger partial charge on any atom is -0.497 e. The van der Waals surface area contributed by atoms with Gasteiger partial charge in [0.05, 0.1) is 13.2 Å². The summed E-state index contributed by atoms with van der Waals surface area (Å²) >= 11 is 0. The van der Waals surface area contributed by atoms with Gasteiger partial charge >= 0.3 is 0 Å². The molecule has 1 aromatic carbocycles. The Labute approximate surface area is 136 Å². The van der Waals surface area contributed by atoms with Gasteiger partial charge in [-0.3, -0.25) is 4.84 Å². The Morgan fingerprint density at radius 3 is 2.43 bits per heavy atom. The smallest absolute Gasteiger partial charge is 0.226 e. The summed E-state index contributed by atoms with van der Waals surface area (Å²) in [5.74, 6) is 1.24. The highest BCUT2D eigenvalue weighted by Gasteiger charge is 2.34. The van der Waals surface area contributed by atoms with Gasteiger partial charge in [-0.25, -0.2) is 4.99 Å². The SMILES string of the molecule is COc1ccc(CCC(C)ON2C(N)=NC(N)=NC2(C)C)cc1. The molecule has 0 spiro atoms. The Kier molecular flexibility index (Phi) is 5.10. The second-order valence-electron chi connectivity index (χ2n) is 6.03. The van der Waals surface area contributed by atoms with Crippen LogP contribution >= 0.6 is 0 Å². The third-order valence-electron chi connectivity index (χ3n) is 3.61. The maximum Gasteiger partial charge on any atom is 0.226 e. The van der Waals surface area contributed by atoms with E-state index in [1.165, 1.54) is 10.6 Å². The number of nitrogens with two attached hydrogens (primary N) is 2.